The molecule has 2 heterocycles. The summed E-state index contributed by atoms with van der Waals surface area (Å²) >= 11 is 1.44. The van der Waals surface area contributed by atoms with Crippen LogP contribution in [-0.2, 0) is 4.79 Å². The number of carbonyl (C=O) groups excluding carboxylic acids is 1. The molecule has 0 radical (unpaired) electrons. The van der Waals surface area contributed by atoms with Gasteiger partial charge in [0, 0.05) is 11.6 Å². The first-order valence-corrected chi connectivity index (χ1v) is 9.05. The summed E-state index contributed by atoms with van der Waals surface area (Å²) in [5, 5.41) is 5.46. The normalized spacial score (nSPS) is 17.3. The second kappa shape index (κ2) is 6.76. The largest absolute Gasteiger partial charge is 0.494 e. The van der Waals surface area contributed by atoms with Gasteiger partial charge in [-0.3, -0.25) is 19.4 Å². The standard InChI is InChI=1S/C17H21N3O3S/c1-4-23-12-8-6-5-7-11(12)15-14-16(18-13(21)9-24-15)20(10(2)3)19-17(14)22/h5-8,10,15H,4,9H2,1-3H3,(H,18,21)(H,19,22). The van der Waals surface area contributed by atoms with Crippen LogP contribution in [0.1, 0.15) is 43.2 Å². The Morgan fingerprint density at radius 2 is 2.08 bits per heavy atom. The molecule has 24 heavy (non-hydrogen) atoms. The van der Waals surface area contributed by atoms with Crippen LogP contribution < -0.4 is 15.6 Å². The third-order valence-electron chi connectivity index (χ3n) is 3.88. The van der Waals surface area contributed by atoms with Crippen molar-refractivity contribution in [2.45, 2.75) is 32.1 Å². The highest BCUT2D eigenvalue weighted by Crippen LogP contribution is 2.43. The SMILES string of the molecule is CCOc1ccccc1C1SCC(=O)Nc2c1c(=O)[nH]n2C(C)C. The number of hydrogen-bond acceptors (Lipinski definition) is 4. The van der Waals surface area contributed by atoms with Crippen molar-refractivity contribution in [2.75, 3.05) is 17.7 Å². The van der Waals surface area contributed by atoms with E-state index in [9.17, 15) is 9.59 Å². The minimum atomic E-state index is -0.259. The number of H-pyrrole nitrogens is 1. The van der Waals surface area contributed by atoms with Crippen LogP contribution >= 0.6 is 11.8 Å². The third kappa shape index (κ3) is 2.96. The monoisotopic (exact) mass is 347 g/mol. The zero-order chi connectivity index (χ0) is 17.3. The first kappa shape index (κ1) is 16.7. The highest BCUT2D eigenvalue weighted by atomic mass is 32.2. The average molecular weight is 347 g/mol. The first-order valence-electron chi connectivity index (χ1n) is 8.00. The number of nitrogens with zero attached hydrogens (tertiary/aromatic N) is 1. The Hall–Kier alpha value is -2.15. The predicted molar refractivity (Wildman–Crippen MR) is 96.0 cm³/mol. The number of hydrogen-bond donors (Lipinski definition) is 2. The van der Waals surface area contributed by atoms with E-state index in [0.717, 1.165) is 11.3 Å². The number of para-hydroxylation sites is 1. The summed E-state index contributed by atoms with van der Waals surface area (Å²) in [6, 6.07) is 7.71. The Morgan fingerprint density at radius 3 is 2.79 bits per heavy atom. The summed E-state index contributed by atoms with van der Waals surface area (Å²) in [7, 11) is 0. The number of nitrogens with one attached hydrogen (secondary N) is 2. The Kier molecular flexibility index (Phi) is 4.71. The lowest BCUT2D eigenvalue weighted by Gasteiger charge is -2.18. The number of amides is 1. The number of thioether (sulfide) groups is 1. The maximum atomic E-state index is 12.6. The minimum absolute atomic E-state index is 0.0348. The molecule has 1 unspecified atom stereocenters. The van der Waals surface area contributed by atoms with Crippen molar-refractivity contribution in [3.05, 3.63) is 45.7 Å². The van der Waals surface area contributed by atoms with Crippen molar-refractivity contribution in [3.63, 3.8) is 0 Å². The molecule has 2 N–H and O–H groups in total. The molecule has 3 rings (SSSR count). The van der Waals surface area contributed by atoms with Crippen LogP contribution in [0.4, 0.5) is 5.82 Å². The van der Waals surface area contributed by atoms with E-state index in [1.54, 1.807) is 4.68 Å². The Bertz CT molecular complexity index is 810. The first-order chi connectivity index (χ1) is 11.5. The van der Waals surface area contributed by atoms with Gasteiger partial charge in [-0.05, 0) is 26.8 Å². The van der Waals surface area contributed by atoms with Gasteiger partial charge in [-0.25, -0.2) is 0 Å². The van der Waals surface area contributed by atoms with Gasteiger partial charge in [-0.15, -0.1) is 11.8 Å². The van der Waals surface area contributed by atoms with Gasteiger partial charge in [0.25, 0.3) is 5.56 Å². The summed E-state index contributed by atoms with van der Waals surface area (Å²) < 4.78 is 7.45. The predicted octanol–water partition coefficient (Wildman–Crippen LogP) is 2.93. The number of anilines is 1. The van der Waals surface area contributed by atoms with Crippen molar-refractivity contribution in [1.29, 1.82) is 0 Å². The smallest absolute Gasteiger partial charge is 0.270 e. The number of rotatable bonds is 4. The number of carbonyl (C=O) groups is 1. The molecule has 1 aliphatic rings. The molecular formula is C17H21N3O3S. The molecule has 7 heteroatoms. The fraction of sp³-hybridized carbons (Fsp3) is 0.412. The van der Waals surface area contributed by atoms with Crippen molar-refractivity contribution in [3.8, 4) is 5.75 Å². The molecule has 1 atom stereocenters. The van der Waals surface area contributed by atoms with Crippen LogP contribution in [0.5, 0.6) is 5.75 Å². The van der Waals surface area contributed by atoms with Crippen molar-refractivity contribution in [2.24, 2.45) is 0 Å². The fourth-order valence-electron chi connectivity index (χ4n) is 2.86. The van der Waals surface area contributed by atoms with E-state index in [0.29, 0.717) is 18.0 Å². The van der Waals surface area contributed by atoms with E-state index < -0.39 is 0 Å². The van der Waals surface area contributed by atoms with E-state index in [1.165, 1.54) is 11.8 Å². The molecule has 2 aromatic rings. The van der Waals surface area contributed by atoms with Gasteiger partial charge in [-0.1, -0.05) is 18.2 Å². The molecule has 1 aliphatic heterocycles. The minimum Gasteiger partial charge on any atom is -0.494 e. The van der Waals surface area contributed by atoms with Crippen LogP contribution in [0.2, 0.25) is 0 Å². The van der Waals surface area contributed by atoms with Gasteiger partial charge in [0.2, 0.25) is 5.91 Å². The van der Waals surface area contributed by atoms with Gasteiger partial charge in [-0.2, -0.15) is 0 Å². The maximum absolute atomic E-state index is 12.6. The number of fused-ring (bicyclic) bond motifs is 1. The van der Waals surface area contributed by atoms with E-state index in [-0.39, 0.29) is 28.5 Å². The maximum Gasteiger partial charge on any atom is 0.270 e. The van der Waals surface area contributed by atoms with Gasteiger partial charge >= 0.3 is 0 Å². The summed E-state index contributed by atoms with van der Waals surface area (Å²) in [6.07, 6.45) is 0. The molecule has 0 aliphatic carbocycles. The molecule has 1 aromatic carbocycles. The molecule has 0 bridgehead atoms. The van der Waals surface area contributed by atoms with E-state index >= 15 is 0 Å². The van der Waals surface area contributed by atoms with E-state index in [1.807, 2.05) is 45.0 Å². The molecule has 0 spiro atoms. The topological polar surface area (TPSA) is 76.1 Å². The quantitative estimate of drug-likeness (QED) is 0.892. The molecule has 0 fully saturated rings. The third-order valence-corrected chi connectivity index (χ3v) is 5.13. The summed E-state index contributed by atoms with van der Waals surface area (Å²) in [5.41, 5.74) is 1.31. The summed E-state index contributed by atoms with van der Waals surface area (Å²) in [6.45, 7) is 6.39. The van der Waals surface area contributed by atoms with Gasteiger partial charge < -0.3 is 10.1 Å². The molecule has 6 nitrogen and oxygen atoms in total. The number of ether oxygens (including phenoxy) is 1. The zero-order valence-electron chi connectivity index (χ0n) is 14.0. The van der Waals surface area contributed by atoms with E-state index in [2.05, 4.69) is 10.4 Å². The highest BCUT2D eigenvalue weighted by Gasteiger charge is 2.32. The number of aromatic amines is 1. The molecular weight excluding hydrogens is 326 g/mol. The van der Waals surface area contributed by atoms with Crippen molar-refractivity contribution >= 4 is 23.5 Å². The van der Waals surface area contributed by atoms with Gasteiger partial charge in [0.05, 0.1) is 23.2 Å². The lowest BCUT2D eigenvalue weighted by atomic mass is 10.0. The van der Waals surface area contributed by atoms with Crippen LogP contribution in [0.3, 0.4) is 0 Å². The lowest BCUT2D eigenvalue weighted by Crippen LogP contribution is -2.17. The van der Waals surface area contributed by atoms with Crippen LogP contribution in [0, 0.1) is 0 Å². The van der Waals surface area contributed by atoms with Crippen molar-refractivity contribution < 1.29 is 9.53 Å². The molecule has 0 saturated heterocycles. The summed E-state index contributed by atoms with van der Waals surface area (Å²) in [4.78, 5) is 24.7. The van der Waals surface area contributed by atoms with Gasteiger partial charge in [0.1, 0.15) is 11.6 Å². The summed E-state index contributed by atoms with van der Waals surface area (Å²) in [5.74, 6) is 1.49. The number of benzene rings is 1. The van der Waals surface area contributed by atoms with E-state index in [4.69, 9.17) is 4.74 Å². The molecule has 128 valence electrons. The van der Waals surface area contributed by atoms with Crippen molar-refractivity contribution in [1.82, 2.24) is 9.78 Å². The Labute approximate surface area is 144 Å². The fourth-order valence-corrected chi connectivity index (χ4v) is 4.01. The zero-order valence-corrected chi connectivity index (χ0v) is 14.8. The lowest BCUT2D eigenvalue weighted by molar-refractivity contribution is -0.113. The molecule has 1 amide bonds. The van der Waals surface area contributed by atoms with Crippen LogP contribution in [-0.4, -0.2) is 28.0 Å². The Balaban J connectivity index is 2.18. The van der Waals surface area contributed by atoms with Crippen LogP contribution in [0.25, 0.3) is 0 Å². The Morgan fingerprint density at radius 1 is 1.33 bits per heavy atom. The molecule has 0 saturated carbocycles. The second-order valence-corrected chi connectivity index (χ2v) is 6.97. The second-order valence-electron chi connectivity index (χ2n) is 5.88. The van der Waals surface area contributed by atoms with Gasteiger partial charge in [0.15, 0.2) is 0 Å². The van der Waals surface area contributed by atoms with Crippen LogP contribution in [0.15, 0.2) is 29.1 Å². The average Bonchev–Trinajstić information content (AvgIpc) is 2.76. The molecule has 1 aromatic heterocycles. The highest BCUT2D eigenvalue weighted by molar-refractivity contribution is 8.00. The number of aromatic nitrogens is 2.